The summed E-state index contributed by atoms with van der Waals surface area (Å²) in [5.74, 6) is 0.616. The number of nitrogen functional groups attached to an aromatic ring is 1. The molecule has 13 heavy (non-hydrogen) atoms. The lowest BCUT2D eigenvalue weighted by Crippen LogP contribution is -1.90. The van der Waals surface area contributed by atoms with Gasteiger partial charge in [0.2, 0.25) is 5.88 Å². The van der Waals surface area contributed by atoms with Gasteiger partial charge in [-0.15, -0.1) is 5.10 Å². The largest absolute Gasteiger partial charge is 0.479 e. The number of nitrogens with two attached hydrogens (primary N) is 1. The van der Waals surface area contributed by atoms with Crippen molar-refractivity contribution in [2.75, 3.05) is 12.8 Å². The molecule has 1 heterocycles. The molecule has 4 heteroatoms. The van der Waals surface area contributed by atoms with E-state index in [1.54, 1.807) is 11.8 Å². The minimum Gasteiger partial charge on any atom is -0.479 e. The van der Waals surface area contributed by atoms with Gasteiger partial charge in [0, 0.05) is 12.7 Å². The van der Waals surface area contributed by atoms with E-state index in [1.807, 2.05) is 25.2 Å². The molecule has 0 saturated carbocycles. The van der Waals surface area contributed by atoms with Crippen LogP contribution in [0.4, 0.5) is 5.69 Å². The number of nitrogens with zero attached hydrogens (tertiary/aromatic N) is 2. The van der Waals surface area contributed by atoms with Gasteiger partial charge in [-0.25, -0.2) is 0 Å². The van der Waals surface area contributed by atoms with Crippen molar-refractivity contribution in [3.63, 3.8) is 0 Å². The highest BCUT2D eigenvalue weighted by atomic mass is 16.5. The summed E-state index contributed by atoms with van der Waals surface area (Å²) in [5, 5.41) is 5.14. The Morgan fingerprint density at radius 3 is 2.92 bits per heavy atom. The predicted octanol–water partition coefficient (Wildman–Crippen LogP) is 1.16. The molecule has 0 bridgehead atoms. The van der Waals surface area contributed by atoms with Crippen molar-refractivity contribution in [2.45, 2.75) is 0 Å². The summed E-state index contributed by atoms with van der Waals surface area (Å²) in [6, 6.07) is 5.64. The van der Waals surface area contributed by atoms with Crippen molar-refractivity contribution in [3.8, 4) is 5.88 Å². The van der Waals surface area contributed by atoms with Crippen LogP contribution in [0, 0.1) is 0 Å². The molecule has 68 valence electrons. The normalized spacial score (nSPS) is 10.6. The fourth-order valence-corrected chi connectivity index (χ4v) is 1.40. The third kappa shape index (κ3) is 1.11. The Hall–Kier alpha value is -1.71. The minimum absolute atomic E-state index is 0.616. The van der Waals surface area contributed by atoms with Crippen LogP contribution in [0.15, 0.2) is 18.2 Å². The summed E-state index contributed by atoms with van der Waals surface area (Å²) in [7, 11) is 3.48. The van der Waals surface area contributed by atoms with Crippen LogP contribution >= 0.6 is 0 Å². The second-order valence-corrected chi connectivity index (χ2v) is 2.91. The Morgan fingerprint density at radius 2 is 2.23 bits per heavy atom. The quantitative estimate of drug-likeness (QED) is 0.665. The first-order valence-corrected chi connectivity index (χ1v) is 3.98. The van der Waals surface area contributed by atoms with Crippen molar-refractivity contribution in [1.82, 2.24) is 9.78 Å². The maximum absolute atomic E-state index is 5.66. The Bertz CT molecular complexity index is 447. The molecule has 0 spiro atoms. The molecular weight excluding hydrogens is 166 g/mol. The zero-order chi connectivity index (χ0) is 9.42. The highest BCUT2D eigenvalue weighted by Gasteiger charge is 2.07. The highest BCUT2D eigenvalue weighted by Crippen LogP contribution is 2.25. The zero-order valence-corrected chi connectivity index (χ0v) is 7.61. The van der Waals surface area contributed by atoms with E-state index in [1.165, 1.54) is 0 Å². The summed E-state index contributed by atoms with van der Waals surface area (Å²) in [6.45, 7) is 0. The molecule has 0 aliphatic heterocycles. The number of hydrogen-bond donors (Lipinski definition) is 1. The maximum atomic E-state index is 5.66. The molecule has 0 fully saturated rings. The molecule has 4 nitrogen and oxygen atoms in total. The van der Waals surface area contributed by atoms with Gasteiger partial charge in [0.25, 0.3) is 0 Å². The van der Waals surface area contributed by atoms with E-state index < -0.39 is 0 Å². The van der Waals surface area contributed by atoms with Crippen LogP contribution in [-0.2, 0) is 7.05 Å². The van der Waals surface area contributed by atoms with E-state index in [4.69, 9.17) is 10.5 Å². The van der Waals surface area contributed by atoms with E-state index >= 15 is 0 Å². The van der Waals surface area contributed by atoms with Gasteiger partial charge in [-0.1, -0.05) is 0 Å². The summed E-state index contributed by atoms with van der Waals surface area (Å²) in [4.78, 5) is 0. The Balaban J connectivity index is 2.81. The number of fused-ring (bicyclic) bond motifs is 1. The van der Waals surface area contributed by atoms with Crippen LogP contribution in [0.25, 0.3) is 10.9 Å². The van der Waals surface area contributed by atoms with Crippen LogP contribution < -0.4 is 10.5 Å². The summed E-state index contributed by atoms with van der Waals surface area (Å²) < 4.78 is 6.89. The molecule has 1 aromatic carbocycles. The first-order chi connectivity index (χ1) is 6.22. The number of aromatic nitrogens is 2. The lowest BCUT2D eigenvalue weighted by atomic mass is 10.2. The van der Waals surface area contributed by atoms with E-state index in [0.717, 1.165) is 16.6 Å². The van der Waals surface area contributed by atoms with Gasteiger partial charge in [-0.2, -0.15) is 0 Å². The second kappa shape index (κ2) is 2.65. The first kappa shape index (κ1) is 7.91. The molecular formula is C9H11N3O. The fourth-order valence-electron chi connectivity index (χ4n) is 1.40. The van der Waals surface area contributed by atoms with Gasteiger partial charge in [-0.05, 0) is 18.2 Å². The molecule has 2 rings (SSSR count). The van der Waals surface area contributed by atoms with E-state index in [2.05, 4.69) is 5.10 Å². The summed E-state index contributed by atoms with van der Waals surface area (Å²) in [5.41, 5.74) is 7.40. The van der Waals surface area contributed by atoms with Gasteiger partial charge in [0.05, 0.1) is 18.0 Å². The molecule has 0 aliphatic rings. The maximum Gasteiger partial charge on any atom is 0.240 e. The standard InChI is InChI=1S/C9H11N3O/c1-12-8-4-3-6(10)5-7(8)9(11-12)13-2/h3-5H,10H2,1-2H3. The number of anilines is 1. The van der Waals surface area contributed by atoms with Crippen molar-refractivity contribution in [3.05, 3.63) is 18.2 Å². The van der Waals surface area contributed by atoms with Gasteiger partial charge < -0.3 is 10.5 Å². The molecule has 1 aromatic heterocycles. The van der Waals surface area contributed by atoms with Crippen molar-refractivity contribution < 1.29 is 4.74 Å². The second-order valence-electron chi connectivity index (χ2n) is 2.91. The van der Waals surface area contributed by atoms with Crippen LogP contribution in [0.3, 0.4) is 0 Å². The van der Waals surface area contributed by atoms with Crippen LogP contribution in [0.5, 0.6) is 5.88 Å². The lowest BCUT2D eigenvalue weighted by Gasteiger charge is -1.95. The Kier molecular flexibility index (Phi) is 1.62. The third-order valence-electron chi connectivity index (χ3n) is 2.03. The monoisotopic (exact) mass is 177 g/mol. The van der Waals surface area contributed by atoms with E-state index in [9.17, 15) is 0 Å². The Labute approximate surface area is 75.9 Å². The Morgan fingerprint density at radius 1 is 1.46 bits per heavy atom. The molecule has 0 atom stereocenters. The van der Waals surface area contributed by atoms with Crippen molar-refractivity contribution >= 4 is 16.6 Å². The van der Waals surface area contributed by atoms with Gasteiger partial charge in [-0.3, -0.25) is 4.68 Å². The van der Waals surface area contributed by atoms with Crippen molar-refractivity contribution in [1.29, 1.82) is 0 Å². The summed E-state index contributed by atoms with van der Waals surface area (Å²) >= 11 is 0. The fraction of sp³-hybridized carbons (Fsp3) is 0.222. The number of rotatable bonds is 1. The number of benzene rings is 1. The topological polar surface area (TPSA) is 53.1 Å². The molecule has 0 unspecified atom stereocenters. The highest BCUT2D eigenvalue weighted by molar-refractivity contribution is 5.87. The SMILES string of the molecule is COc1nn(C)c2ccc(N)cc12. The first-order valence-electron chi connectivity index (χ1n) is 3.98. The van der Waals surface area contributed by atoms with E-state index in [-0.39, 0.29) is 0 Å². The van der Waals surface area contributed by atoms with Gasteiger partial charge in [0.1, 0.15) is 0 Å². The zero-order valence-electron chi connectivity index (χ0n) is 7.61. The molecule has 0 saturated heterocycles. The smallest absolute Gasteiger partial charge is 0.240 e. The lowest BCUT2D eigenvalue weighted by molar-refractivity contribution is 0.396. The number of methoxy groups -OCH3 is 1. The third-order valence-corrected chi connectivity index (χ3v) is 2.03. The number of ether oxygens (including phenoxy) is 1. The van der Waals surface area contributed by atoms with Gasteiger partial charge in [0.15, 0.2) is 0 Å². The van der Waals surface area contributed by atoms with Crippen LogP contribution in [0.2, 0.25) is 0 Å². The molecule has 0 amide bonds. The molecule has 2 N–H and O–H groups in total. The minimum atomic E-state index is 0.616. The average molecular weight is 177 g/mol. The molecule has 2 aromatic rings. The van der Waals surface area contributed by atoms with Gasteiger partial charge >= 0.3 is 0 Å². The number of hydrogen-bond acceptors (Lipinski definition) is 3. The van der Waals surface area contributed by atoms with Crippen LogP contribution in [-0.4, -0.2) is 16.9 Å². The molecule has 0 aliphatic carbocycles. The van der Waals surface area contributed by atoms with Crippen LogP contribution in [0.1, 0.15) is 0 Å². The van der Waals surface area contributed by atoms with Crippen molar-refractivity contribution in [2.24, 2.45) is 7.05 Å². The number of aryl methyl sites for hydroxylation is 1. The molecule has 0 radical (unpaired) electrons. The summed E-state index contributed by atoms with van der Waals surface area (Å²) in [6.07, 6.45) is 0. The van der Waals surface area contributed by atoms with E-state index in [0.29, 0.717) is 5.88 Å². The predicted molar refractivity (Wildman–Crippen MR) is 51.7 cm³/mol. The average Bonchev–Trinajstić information content (AvgIpc) is 2.42.